The van der Waals surface area contributed by atoms with E-state index >= 15 is 0 Å². The maximum atomic E-state index is 9.60. The van der Waals surface area contributed by atoms with Crippen LogP contribution in [0.3, 0.4) is 0 Å². The molecular weight excluding hydrogens is 176 g/mol. The third kappa shape index (κ3) is 8.09. The van der Waals surface area contributed by atoms with Crippen LogP contribution in [0.4, 0.5) is 0 Å². The van der Waals surface area contributed by atoms with Crippen molar-refractivity contribution < 1.29 is 9.53 Å². The molecule has 2 heteroatoms. The largest absolute Gasteiger partial charge is 0.462 e. The van der Waals surface area contributed by atoms with Crippen LogP contribution in [0.5, 0.6) is 0 Å². The number of hydrogen-bond acceptors (Lipinski definition) is 2. The normalized spacial score (nSPS) is 16.3. The Morgan fingerprint density at radius 1 is 1.36 bits per heavy atom. The fourth-order valence-corrected chi connectivity index (χ4v) is 1.33. The van der Waals surface area contributed by atoms with Gasteiger partial charge in [-0.2, -0.15) is 0 Å². The Morgan fingerprint density at radius 2 is 1.93 bits per heavy atom. The molecule has 0 spiro atoms. The molecule has 0 bridgehead atoms. The quantitative estimate of drug-likeness (QED) is 0.651. The standard InChI is InChI=1S/C7H14.C5H10O2/c1-2-4-7-5-3-6-7;1-5(2,3)7-4-6/h7H,2-6H2,1H3;4H,1-3H3. The maximum Gasteiger partial charge on any atom is 0.293 e. The molecule has 1 fully saturated rings. The molecule has 0 aromatic heterocycles. The van der Waals surface area contributed by atoms with Gasteiger partial charge >= 0.3 is 0 Å². The van der Waals surface area contributed by atoms with Crippen LogP contribution in [0.25, 0.3) is 0 Å². The number of rotatable bonds is 3. The minimum atomic E-state index is -0.318. The van der Waals surface area contributed by atoms with Crippen molar-refractivity contribution in [2.75, 3.05) is 0 Å². The first-order valence-corrected chi connectivity index (χ1v) is 5.61. The van der Waals surface area contributed by atoms with Crippen molar-refractivity contribution in [1.29, 1.82) is 0 Å². The third-order valence-electron chi connectivity index (χ3n) is 2.32. The van der Waals surface area contributed by atoms with E-state index in [1.807, 2.05) is 20.8 Å². The van der Waals surface area contributed by atoms with Crippen LogP contribution in [-0.2, 0) is 9.53 Å². The smallest absolute Gasteiger partial charge is 0.293 e. The topological polar surface area (TPSA) is 26.3 Å². The zero-order chi connectivity index (χ0) is 11.0. The summed E-state index contributed by atoms with van der Waals surface area (Å²) in [4.78, 5) is 9.60. The first-order valence-electron chi connectivity index (χ1n) is 5.61. The molecule has 0 radical (unpaired) electrons. The summed E-state index contributed by atoms with van der Waals surface area (Å²) in [6.07, 6.45) is 7.43. The molecule has 0 amide bonds. The van der Waals surface area contributed by atoms with Gasteiger partial charge in [-0.15, -0.1) is 0 Å². The second kappa shape index (κ2) is 6.86. The van der Waals surface area contributed by atoms with Gasteiger partial charge in [-0.05, 0) is 26.7 Å². The Kier molecular flexibility index (Phi) is 6.60. The van der Waals surface area contributed by atoms with Crippen molar-refractivity contribution in [1.82, 2.24) is 0 Å². The molecule has 1 aliphatic carbocycles. The average Bonchev–Trinajstić information content (AvgIpc) is 1.95. The first kappa shape index (κ1) is 13.5. The van der Waals surface area contributed by atoms with Gasteiger partial charge in [0.2, 0.25) is 0 Å². The molecule has 0 heterocycles. The van der Waals surface area contributed by atoms with Crippen LogP contribution in [0.15, 0.2) is 0 Å². The molecule has 14 heavy (non-hydrogen) atoms. The fourth-order valence-electron chi connectivity index (χ4n) is 1.33. The van der Waals surface area contributed by atoms with E-state index < -0.39 is 0 Å². The van der Waals surface area contributed by atoms with E-state index in [9.17, 15) is 4.79 Å². The predicted molar refractivity (Wildman–Crippen MR) is 59.2 cm³/mol. The summed E-state index contributed by atoms with van der Waals surface area (Å²) in [5, 5.41) is 0. The Balaban J connectivity index is 0.000000241. The van der Waals surface area contributed by atoms with E-state index in [1.165, 1.54) is 32.1 Å². The Bertz CT molecular complexity index is 143. The van der Waals surface area contributed by atoms with Crippen molar-refractivity contribution in [3.63, 3.8) is 0 Å². The monoisotopic (exact) mass is 200 g/mol. The molecule has 84 valence electrons. The van der Waals surface area contributed by atoms with Crippen molar-refractivity contribution in [2.24, 2.45) is 5.92 Å². The van der Waals surface area contributed by atoms with E-state index in [0.717, 1.165) is 5.92 Å². The summed E-state index contributed by atoms with van der Waals surface area (Å²) in [6, 6.07) is 0. The molecule has 0 N–H and O–H groups in total. The van der Waals surface area contributed by atoms with Gasteiger partial charge in [0.1, 0.15) is 5.60 Å². The third-order valence-corrected chi connectivity index (χ3v) is 2.32. The van der Waals surface area contributed by atoms with E-state index in [-0.39, 0.29) is 5.60 Å². The summed E-state index contributed by atoms with van der Waals surface area (Å²) in [7, 11) is 0. The van der Waals surface area contributed by atoms with E-state index in [0.29, 0.717) is 6.47 Å². The lowest BCUT2D eigenvalue weighted by atomic mass is 9.82. The maximum absolute atomic E-state index is 9.60. The van der Waals surface area contributed by atoms with Crippen LogP contribution in [0, 0.1) is 5.92 Å². The zero-order valence-corrected chi connectivity index (χ0v) is 10.0. The van der Waals surface area contributed by atoms with Crippen LogP contribution in [0.1, 0.15) is 59.8 Å². The molecule has 1 aliphatic rings. The molecule has 1 rings (SSSR count). The highest BCUT2D eigenvalue weighted by Gasteiger charge is 2.14. The highest BCUT2D eigenvalue weighted by molar-refractivity contribution is 5.37. The molecule has 0 atom stereocenters. The SMILES string of the molecule is CC(C)(C)OC=O.CCCC1CCC1. The highest BCUT2D eigenvalue weighted by Crippen LogP contribution is 2.29. The molecule has 0 unspecified atom stereocenters. The molecule has 1 saturated carbocycles. The molecule has 2 nitrogen and oxygen atoms in total. The lowest BCUT2D eigenvalue weighted by Gasteiger charge is -2.24. The first-order chi connectivity index (χ1) is 6.49. The minimum Gasteiger partial charge on any atom is -0.462 e. The molecular formula is C12H24O2. The van der Waals surface area contributed by atoms with Gasteiger partial charge in [-0.1, -0.05) is 39.0 Å². The highest BCUT2D eigenvalue weighted by atomic mass is 16.5. The van der Waals surface area contributed by atoms with Crippen LogP contribution in [-0.4, -0.2) is 12.1 Å². The van der Waals surface area contributed by atoms with Gasteiger partial charge in [-0.3, -0.25) is 4.79 Å². The van der Waals surface area contributed by atoms with Crippen LogP contribution < -0.4 is 0 Å². The number of carbonyl (C=O) groups is 1. The van der Waals surface area contributed by atoms with Crippen molar-refractivity contribution in [2.45, 2.75) is 65.4 Å². The van der Waals surface area contributed by atoms with E-state index in [1.54, 1.807) is 0 Å². The molecule has 0 aromatic rings. The van der Waals surface area contributed by atoms with Gasteiger partial charge in [0.15, 0.2) is 0 Å². The van der Waals surface area contributed by atoms with Crippen LogP contribution in [0.2, 0.25) is 0 Å². The van der Waals surface area contributed by atoms with Crippen molar-refractivity contribution in [3.05, 3.63) is 0 Å². The zero-order valence-electron chi connectivity index (χ0n) is 10.0. The van der Waals surface area contributed by atoms with Crippen molar-refractivity contribution in [3.8, 4) is 0 Å². The lowest BCUT2D eigenvalue weighted by molar-refractivity contribution is -0.138. The van der Waals surface area contributed by atoms with Gasteiger partial charge in [-0.25, -0.2) is 0 Å². The van der Waals surface area contributed by atoms with E-state index in [2.05, 4.69) is 11.7 Å². The molecule has 0 saturated heterocycles. The van der Waals surface area contributed by atoms with Gasteiger partial charge in [0, 0.05) is 0 Å². The second-order valence-electron chi connectivity index (χ2n) is 4.91. The predicted octanol–water partition coefficient (Wildman–Crippen LogP) is 3.54. The van der Waals surface area contributed by atoms with Crippen molar-refractivity contribution >= 4 is 6.47 Å². The average molecular weight is 200 g/mol. The summed E-state index contributed by atoms with van der Waals surface area (Å²) in [5.41, 5.74) is -0.318. The van der Waals surface area contributed by atoms with Gasteiger partial charge in [0.05, 0.1) is 0 Å². The van der Waals surface area contributed by atoms with Crippen LogP contribution >= 0.6 is 0 Å². The summed E-state index contributed by atoms with van der Waals surface area (Å²) in [5.74, 6) is 1.13. The second-order valence-corrected chi connectivity index (χ2v) is 4.91. The molecule has 0 aromatic carbocycles. The van der Waals surface area contributed by atoms with E-state index in [4.69, 9.17) is 0 Å². The van der Waals surface area contributed by atoms with Gasteiger partial charge < -0.3 is 4.74 Å². The number of ether oxygens (including phenoxy) is 1. The summed E-state index contributed by atoms with van der Waals surface area (Å²) < 4.78 is 4.55. The molecule has 0 aliphatic heterocycles. The fraction of sp³-hybridized carbons (Fsp3) is 0.917. The Morgan fingerprint density at radius 3 is 2.00 bits per heavy atom. The lowest BCUT2D eigenvalue weighted by Crippen LogP contribution is -2.17. The minimum absolute atomic E-state index is 0.318. The summed E-state index contributed by atoms with van der Waals surface area (Å²) in [6.45, 7) is 8.20. The number of carbonyl (C=O) groups excluding carboxylic acids is 1. The number of hydrogen-bond donors (Lipinski definition) is 0. The Labute approximate surface area is 88.0 Å². The Hall–Kier alpha value is -0.530. The van der Waals surface area contributed by atoms with Gasteiger partial charge in [0.25, 0.3) is 6.47 Å². The summed E-state index contributed by atoms with van der Waals surface area (Å²) >= 11 is 0.